The first kappa shape index (κ1) is 12.8. The van der Waals surface area contributed by atoms with Gasteiger partial charge in [-0.15, -0.1) is 0 Å². The summed E-state index contributed by atoms with van der Waals surface area (Å²) in [5.41, 5.74) is 0.724. The minimum Gasteiger partial charge on any atom is -0.474 e. The van der Waals surface area contributed by atoms with Crippen LogP contribution in [0.1, 0.15) is 31.9 Å². The molecular formula is C12H14ClNO2. The van der Waals surface area contributed by atoms with Crippen LogP contribution in [0, 0.1) is 11.3 Å². The van der Waals surface area contributed by atoms with Crippen molar-refractivity contribution in [2.24, 2.45) is 0 Å². The molecule has 0 radical (unpaired) electrons. The van der Waals surface area contributed by atoms with Gasteiger partial charge in [-0.1, -0.05) is 24.6 Å². The number of ether oxygens (including phenoxy) is 1. The zero-order valence-electron chi connectivity index (χ0n) is 9.27. The first-order valence-corrected chi connectivity index (χ1v) is 5.50. The van der Waals surface area contributed by atoms with Crippen molar-refractivity contribution in [1.29, 1.82) is 5.26 Å². The number of nitriles is 1. The first-order chi connectivity index (χ1) is 7.58. The molecule has 0 amide bonds. The van der Waals surface area contributed by atoms with Gasteiger partial charge in [0.15, 0.2) is 6.10 Å². The summed E-state index contributed by atoms with van der Waals surface area (Å²) in [7, 11) is 0. The molecule has 0 saturated heterocycles. The minimum absolute atomic E-state index is 0.409. The molecule has 0 saturated carbocycles. The normalized spacial score (nSPS) is 13.9. The first-order valence-electron chi connectivity index (χ1n) is 5.12. The van der Waals surface area contributed by atoms with Crippen LogP contribution in [0.3, 0.4) is 0 Å². The number of hydrogen-bond donors (Lipinski definition) is 1. The molecular weight excluding hydrogens is 226 g/mol. The van der Waals surface area contributed by atoms with Crippen molar-refractivity contribution in [3.63, 3.8) is 0 Å². The van der Waals surface area contributed by atoms with Crippen molar-refractivity contribution >= 4 is 11.6 Å². The van der Waals surface area contributed by atoms with Crippen LogP contribution in [0.15, 0.2) is 18.2 Å². The summed E-state index contributed by atoms with van der Waals surface area (Å²) in [6.07, 6.45) is -0.454. The molecule has 0 aliphatic heterocycles. The molecule has 2 unspecified atom stereocenters. The second-order valence-corrected chi connectivity index (χ2v) is 3.92. The van der Waals surface area contributed by atoms with E-state index in [0.717, 1.165) is 5.56 Å². The van der Waals surface area contributed by atoms with Crippen LogP contribution in [-0.4, -0.2) is 11.2 Å². The maximum atomic E-state index is 9.36. The molecule has 0 bridgehead atoms. The SMILES string of the molecule is CCC(C#N)Oc1ccc(C(C)O)cc1Cl. The molecule has 2 atom stereocenters. The van der Waals surface area contributed by atoms with E-state index in [0.29, 0.717) is 17.2 Å². The van der Waals surface area contributed by atoms with Crippen molar-refractivity contribution in [1.82, 2.24) is 0 Å². The van der Waals surface area contributed by atoms with Crippen LogP contribution >= 0.6 is 11.6 Å². The molecule has 0 spiro atoms. The third kappa shape index (κ3) is 3.13. The van der Waals surface area contributed by atoms with Crippen molar-refractivity contribution in [2.75, 3.05) is 0 Å². The minimum atomic E-state index is -0.565. The number of aliphatic hydroxyl groups is 1. The van der Waals surface area contributed by atoms with Gasteiger partial charge in [-0.3, -0.25) is 0 Å². The molecule has 1 rings (SSSR count). The largest absolute Gasteiger partial charge is 0.474 e. The third-order valence-corrected chi connectivity index (χ3v) is 2.52. The highest BCUT2D eigenvalue weighted by Gasteiger charge is 2.11. The lowest BCUT2D eigenvalue weighted by atomic mass is 10.1. The molecule has 0 aromatic heterocycles. The fourth-order valence-corrected chi connectivity index (χ4v) is 1.46. The van der Waals surface area contributed by atoms with Crippen molar-refractivity contribution < 1.29 is 9.84 Å². The van der Waals surface area contributed by atoms with Gasteiger partial charge in [0.25, 0.3) is 0 Å². The zero-order chi connectivity index (χ0) is 12.1. The zero-order valence-corrected chi connectivity index (χ0v) is 10.0. The van der Waals surface area contributed by atoms with E-state index in [2.05, 4.69) is 0 Å². The van der Waals surface area contributed by atoms with Gasteiger partial charge in [-0.25, -0.2) is 0 Å². The summed E-state index contributed by atoms with van der Waals surface area (Å²) in [4.78, 5) is 0. The molecule has 0 heterocycles. The van der Waals surface area contributed by atoms with Crippen LogP contribution in [0.25, 0.3) is 0 Å². The Balaban J connectivity index is 2.87. The van der Waals surface area contributed by atoms with E-state index < -0.39 is 12.2 Å². The number of nitrogens with zero attached hydrogens (tertiary/aromatic N) is 1. The van der Waals surface area contributed by atoms with Crippen molar-refractivity contribution in [3.05, 3.63) is 28.8 Å². The van der Waals surface area contributed by atoms with Gasteiger partial charge in [0, 0.05) is 0 Å². The van der Waals surface area contributed by atoms with E-state index in [1.165, 1.54) is 0 Å². The third-order valence-electron chi connectivity index (χ3n) is 2.22. The van der Waals surface area contributed by atoms with Crippen LogP contribution < -0.4 is 4.74 Å². The monoisotopic (exact) mass is 239 g/mol. The molecule has 0 aliphatic carbocycles. The standard InChI is InChI=1S/C12H14ClNO2/c1-3-10(7-14)16-12-5-4-9(8(2)15)6-11(12)13/h4-6,8,10,15H,3H2,1-2H3. The van der Waals surface area contributed by atoms with E-state index in [9.17, 15) is 5.11 Å². The molecule has 86 valence electrons. The predicted molar refractivity (Wildman–Crippen MR) is 62.4 cm³/mol. The second kappa shape index (κ2) is 5.74. The van der Waals surface area contributed by atoms with Crippen molar-refractivity contribution in [2.45, 2.75) is 32.5 Å². The Morgan fingerprint density at radius 3 is 2.69 bits per heavy atom. The van der Waals surface area contributed by atoms with Crippen molar-refractivity contribution in [3.8, 4) is 11.8 Å². The Kier molecular flexibility index (Phi) is 4.60. The molecule has 1 aromatic carbocycles. The van der Waals surface area contributed by atoms with Gasteiger partial charge in [-0.2, -0.15) is 5.26 Å². The fourth-order valence-electron chi connectivity index (χ4n) is 1.23. The van der Waals surface area contributed by atoms with E-state index in [1.807, 2.05) is 13.0 Å². The predicted octanol–water partition coefficient (Wildman–Crippen LogP) is 3.07. The highest BCUT2D eigenvalue weighted by molar-refractivity contribution is 6.32. The molecule has 1 N–H and O–H groups in total. The average molecular weight is 240 g/mol. The van der Waals surface area contributed by atoms with Gasteiger partial charge in [0.05, 0.1) is 11.1 Å². The van der Waals surface area contributed by atoms with Gasteiger partial charge in [-0.05, 0) is 31.0 Å². The summed E-state index contributed by atoms with van der Waals surface area (Å²) in [6.45, 7) is 3.53. The summed E-state index contributed by atoms with van der Waals surface area (Å²) in [5, 5.41) is 18.5. The second-order valence-electron chi connectivity index (χ2n) is 3.51. The smallest absolute Gasteiger partial charge is 0.184 e. The molecule has 1 aromatic rings. The number of aliphatic hydroxyl groups excluding tert-OH is 1. The Hall–Kier alpha value is -1.24. The lowest BCUT2D eigenvalue weighted by molar-refractivity contribution is 0.199. The molecule has 0 aliphatic rings. The quantitative estimate of drug-likeness (QED) is 0.879. The molecule has 3 nitrogen and oxygen atoms in total. The number of rotatable bonds is 4. The topological polar surface area (TPSA) is 53.2 Å². The average Bonchev–Trinajstić information content (AvgIpc) is 2.27. The van der Waals surface area contributed by atoms with Gasteiger partial charge < -0.3 is 9.84 Å². The Morgan fingerprint density at radius 1 is 1.56 bits per heavy atom. The molecule has 16 heavy (non-hydrogen) atoms. The van der Waals surface area contributed by atoms with Crippen LogP contribution in [0.5, 0.6) is 5.75 Å². The summed E-state index contributed by atoms with van der Waals surface area (Å²) in [5.74, 6) is 0.472. The summed E-state index contributed by atoms with van der Waals surface area (Å²) < 4.78 is 5.40. The van der Waals surface area contributed by atoms with Gasteiger partial charge >= 0.3 is 0 Å². The Labute approximate surface area is 100 Å². The number of hydrogen-bond acceptors (Lipinski definition) is 3. The fraction of sp³-hybridized carbons (Fsp3) is 0.417. The highest BCUT2D eigenvalue weighted by atomic mass is 35.5. The maximum Gasteiger partial charge on any atom is 0.184 e. The van der Waals surface area contributed by atoms with Crippen LogP contribution in [0.2, 0.25) is 5.02 Å². The van der Waals surface area contributed by atoms with E-state index in [1.54, 1.807) is 25.1 Å². The molecule has 0 fully saturated rings. The Morgan fingerprint density at radius 2 is 2.25 bits per heavy atom. The maximum absolute atomic E-state index is 9.36. The van der Waals surface area contributed by atoms with E-state index in [-0.39, 0.29) is 0 Å². The van der Waals surface area contributed by atoms with Crippen LogP contribution in [0.4, 0.5) is 0 Å². The lowest BCUT2D eigenvalue weighted by Crippen LogP contribution is -2.12. The van der Waals surface area contributed by atoms with Crippen LogP contribution in [-0.2, 0) is 0 Å². The highest BCUT2D eigenvalue weighted by Crippen LogP contribution is 2.28. The van der Waals surface area contributed by atoms with E-state index in [4.69, 9.17) is 21.6 Å². The van der Waals surface area contributed by atoms with Gasteiger partial charge in [0.1, 0.15) is 11.8 Å². The Bertz CT molecular complexity index is 398. The molecule has 4 heteroatoms. The van der Waals surface area contributed by atoms with Gasteiger partial charge in [0.2, 0.25) is 0 Å². The summed E-state index contributed by atoms with van der Waals surface area (Å²) in [6, 6.07) is 7.08. The lowest BCUT2D eigenvalue weighted by Gasteiger charge is -2.13. The summed E-state index contributed by atoms with van der Waals surface area (Å²) >= 11 is 5.99. The number of halogens is 1. The number of benzene rings is 1. The van der Waals surface area contributed by atoms with E-state index >= 15 is 0 Å².